The van der Waals surface area contributed by atoms with Crippen LogP contribution in [0.15, 0.2) is 46.2 Å². The van der Waals surface area contributed by atoms with E-state index < -0.39 is 11.1 Å². The Balaban J connectivity index is 2.36. The summed E-state index contributed by atoms with van der Waals surface area (Å²) in [7, 11) is 0. The molecule has 0 saturated heterocycles. The zero-order chi connectivity index (χ0) is 9.97. The number of aromatic nitrogens is 1. The first-order valence-electron chi connectivity index (χ1n) is 3.87. The van der Waals surface area contributed by atoms with E-state index in [0.717, 1.165) is 5.56 Å². The Morgan fingerprint density at radius 2 is 2.00 bits per heavy atom. The average molecular weight is 209 g/mol. The molecule has 0 aliphatic heterocycles. The van der Waals surface area contributed by atoms with Crippen molar-refractivity contribution in [3.63, 3.8) is 0 Å². The fraction of sp³-hybridized carbons (Fsp3) is 0. The normalized spacial score (nSPS) is 12.6. The largest absolute Gasteiger partial charge is 0.444 e. The average Bonchev–Trinajstić information content (AvgIpc) is 2.71. The molecule has 0 fully saturated rings. The van der Waals surface area contributed by atoms with Crippen LogP contribution in [-0.2, 0) is 11.1 Å². The molecule has 0 spiro atoms. The summed E-state index contributed by atoms with van der Waals surface area (Å²) in [6.45, 7) is 0. The van der Waals surface area contributed by atoms with Crippen LogP contribution >= 0.6 is 0 Å². The minimum atomic E-state index is -1.93. The second-order valence-electron chi connectivity index (χ2n) is 2.64. The van der Waals surface area contributed by atoms with Gasteiger partial charge in [0, 0.05) is 5.56 Å². The first-order chi connectivity index (χ1) is 6.77. The van der Waals surface area contributed by atoms with Gasteiger partial charge in [-0.25, -0.2) is 9.19 Å². The number of nitrogens with zero attached hydrogens (tertiary/aromatic N) is 1. The van der Waals surface area contributed by atoms with Crippen LogP contribution in [0, 0.1) is 0 Å². The van der Waals surface area contributed by atoms with Crippen LogP contribution in [0.5, 0.6) is 0 Å². The number of benzene rings is 1. The quantitative estimate of drug-likeness (QED) is 0.767. The molecule has 0 radical (unpaired) electrons. The highest BCUT2D eigenvalue weighted by molar-refractivity contribution is 7.79. The second kappa shape index (κ2) is 3.73. The number of hydrogen-bond acceptors (Lipinski definition) is 3. The smallest absolute Gasteiger partial charge is 0.186 e. The third-order valence-electron chi connectivity index (χ3n) is 1.77. The van der Waals surface area contributed by atoms with Crippen molar-refractivity contribution in [2.75, 3.05) is 0 Å². The molecule has 1 N–H and O–H groups in total. The van der Waals surface area contributed by atoms with Crippen molar-refractivity contribution < 1.29 is 13.2 Å². The number of oxazole rings is 1. The minimum Gasteiger partial charge on any atom is -0.444 e. The first kappa shape index (κ1) is 9.11. The van der Waals surface area contributed by atoms with Gasteiger partial charge in [-0.2, -0.15) is 0 Å². The Morgan fingerprint density at radius 1 is 1.29 bits per heavy atom. The van der Waals surface area contributed by atoms with E-state index in [1.807, 2.05) is 0 Å². The maximum atomic E-state index is 10.7. The van der Waals surface area contributed by atoms with E-state index in [1.54, 1.807) is 30.5 Å². The van der Waals surface area contributed by atoms with E-state index in [-0.39, 0.29) is 0 Å². The molecule has 2 aromatic rings. The van der Waals surface area contributed by atoms with Gasteiger partial charge in [0.1, 0.15) is 0 Å². The molecule has 0 bridgehead atoms. The summed E-state index contributed by atoms with van der Waals surface area (Å²) in [4.78, 5) is 4.15. The highest BCUT2D eigenvalue weighted by Gasteiger charge is 2.03. The predicted octanol–water partition coefficient (Wildman–Crippen LogP) is 1.92. The summed E-state index contributed by atoms with van der Waals surface area (Å²) < 4.78 is 24.5. The molecule has 5 heteroatoms. The van der Waals surface area contributed by atoms with Crippen molar-refractivity contribution in [3.8, 4) is 11.3 Å². The summed E-state index contributed by atoms with van der Waals surface area (Å²) in [6, 6.07) is 6.58. The zero-order valence-corrected chi connectivity index (χ0v) is 7.90. The monoisotopic (exact) mass is 209 g/mol. The van der Waals surface area contributed by atoms with Gasteiger partial charge in [-0.05, 0) is 24.3 Å². The number of hydrogen-bond donors (Lipinski definition) is 1. The van der Waals surface area contributed by atoms with Gasteiger partial charge < -0.3 is 8.97 Å². The second-order valence-corrected chi connectivity index (χ2v) is 3.61. The Labute approximate surface area is 82.9 Å². The molecule has 1 unspecified atom stereocenters. The van der Waals surface area contributed by atoms with Crippen LogP contribution in [0.3, 0.4) is 0 Å². The maximum absolute atomic E-state index is 10.7. The molecule has 1 heterocycles. The van der Waals surface area contributed by atoms with Crippen molar-refractivity contribution in [1.29, 1.82) is 0 Å². The van der Waals surface area contributed by atoms with Gasteiger partial charge in [0.15, 0.2) is 23.2 Å². The summed E-state index contributed by atoms with van der Waals surface area (Å²) >= 11 is -1.93. The van der Waals surface area contributed by atoms with Crippen molar-refractivity contribution in [1.82, 2.24) is 4.98 Å². The highest BCUT2D eigenvalue weighted by Crippen LogP contribution is 2.19. The fourth-order valence-corrected chi connectivity index (χ4v) is 1.46. The Morgan fingerprint density at radius 3 is 2.50 bits per heavy atom. The molecule has 0 amide bonds. The minimum absolute atomic E-state index is 0.369. The summed E-state index contributed by atoms with van der Waals surface area (Å²) in [5.74, 6) is 0.639. The van der Waals surface area contributed by atoms with Crippen molar-refractivity contribution in [2.24, 2.45) is 0 Å². The van der Waals surface area contributed by atoms with Crippen LogP contribution in [0.25, 0.3) is 11.3 Å². The van der Waals surface area contributed by atoms with Gasteiger partial charge in [0.05, 0.1) is 11.1 Å². The van der Waals surface area contributed by atoms with Crippen LogP contribution in [0.1, 0.15) is 0 Å². The Hall–Kier alpha value is -1.46. The molecule has 1 atom stereocenters. The lowest BCUT2D eigenvalue weighted by Crippen LogP contribution is -1.86. The maximum Gasteiger partial charge on any atom is 0.186 e. The van der Waals surface area contributed by atoms with Crippen molar-refractivity contribution >= 4 is 11.1 Å². The predicted molar refractivity (Wildman–Crippen MR) is 51.0 cm³/mol. The van der Waals surface area contributed by atoms with Crippen LogP contribution in [0.4, 0.5) is 0 Å². The molecular weight excluding hydrogens is 202 g/mol. The van der Waals surface area contributed by atoms with E-state index in [2.05, 4.69) is 4.98 Å². The lowest BCUT2D eigenvalue weighted by atomic mass is 10.2. The molecule has 1 aromatic heterocycles. The summed E-state index contributed by atoms with van der Waals surface area (Å²) in [5, 5.41) is 0. The van der Waals surface area contributed by atoms with Crippen LogP contribution < -0.4 is 0 Å². The third-order valence-corrected chi connectivity index (χ3v) is 2.45. The molecular formula is C9H7NO3S. The molecule has 0 aliphatic carbocycles. The number of rotatable bonds is 2. The standard InChI is InChI=1S/C9H7NO3S/c11-14(12)8-3-1-7(2-4-8)9-5-10-6-13-9/h1-6H,(H,11,12). The molecule has 4 nitrogen and oxygen atoms in total. The van der Waals surface area contributed by atoms with Crippen LogP contribution in [-0.4, -0.2) is 13.7 Å². The van der Waals surface area contributed by atoms with Crippen LogP contribution in [0.2, 0.25) is 0 Å². The Bertz CT molecular complexity index is 436. The first-order valence-corrected chi connectivity index (χ1v) is 4.98. The van der Waals surface area contributed by atoms with Crippen molar-refractivity contribution in [3.05, 3.63) is 36.9 Å². The molecule has 0 aliphatic rings. The van der Waals surface area contributed by atoms with Gasteiger partial charge in [-0.15, -0.1) is 0 Å². The highest BCUT2D eigenvalue weighted by atomic mass is 32.2. The topological polar surface area (TPSA) is 63.3 Å². The Kier molecular flexibility index (Phi) is 2.43. The third kappa shape index (κ3) is 1.73. The molecule has 0 saturated carbocycles. The molecule has 2 rings (SSSR count). The molecule has 1 aromatic carbocycles. The summed E-state index contributed by atoms with van der Waals surface area (Å²) in [5.41, 5.74) is 0.830. The van der Waals surface area contributed by atoms with Gasteiger partial charge in [-0.3, -0.25) is 0 Å². The zero-order valence-electron chi connectivity index (χ0n) is 7.08. The molecule has 72 valence electrons. The van der Waals surface area contributed by atoms with E-state index in [1.165, 1.54) is 6.39 Å². The van der Waals surface area contributed by atoms with Gasteiger partial charge in [-0.1, -0.05) is 0 Å². The lowest BCUT2D eigenvalue weighted by molar-refractivity contribution is 0.564. The van der Waals surface area contributed by atoms with E-state index in [0.29, 0.717) is 10.7 Å². The van der Waals surface area contributed by atoms with Gasteiger partial charge in [0.2, 0.25) is 0 Å². The summed E-state index contributed by atoms with van der Waals surface area (Å²) in [6.07, 6.45) is 2.93. The SMILES string of the molecule is O=S(O)c1ccc(-c2cnco2)cc1. The fourth-order valence-electron chi connectivity index (χ4n) is 1.09. The van der Waals surface area contributed by atoms with Crippen molar-refractivity contribution in [2.45, 2.75) is 4.90 Å². The van der Waals surface area contributed by atoms with Gasteiger partial charge in [0.25, 0.3) is 0 Å². The van der Waals surface area contributed by atoms with E-state index >= 15 is 0 Å². The van der Waals surface area contributed by atoms with E-state index in [9.17, 15) is 4.21 Å². The van der Waals surface area contributed by atoms with E-state index in [4.69, 9.17) is 8.97 Å². The lowest BCUT2D eigenvalue weighted by Gasteiger charge is -1.97. The molecule has 14 heavy (non-hydrogen) atoms. The van der Waals surface area contributed by atoms with Gasteiger partial charge >= 0.3 is 0 Å².